The molecule has 1 amide bonds. The molecule has 10 heteroatoms. The van der Waals surface area contributed by atoms with E-state index in [9.17, 15) is 18.0 Å². The number of benzene rings is 2. The number of ether oxygens (including phenoxy) is 1. The fourth-order valence-electron chi connectivity index (χ4n) is 3.50. The quantitative estimate of drug-likeness (QED) is 0.553. The minimum Gasteiger partial charge on any atom is -0.465 e. The van der Waals surface area contributed by atoms with Crippen molar-refractivity contribution in [2.75, 3.05) is 44.4 Å². The first-order valence-corrected chi connectivity index (χ1v) is 12.3. The van der Waals surface area contributed by atoms with E-state index in [2.05, 4.69) is 14.6 Å². The van der Waals surface area contributed by atoms with Gasteiger partial charge in [-0.2, -0.15) is 0 Å². The molecule has 4 rings (SSSR count). The van der Waals surface area contributed by atoms with E-state index in [1.807, 2.05) is 6.07 Å². The molecule has 1 aliphatic heterocycles. The number of hydrogen-bond donors (Lipinski definition) is 0. The number of amides is 1. The van der Waals surface area contributed by atoms with E-state index < -0.39 is 15.8 Å². The van der Waals surface area contributed by atoms with Gasteiger partial charge in [0.2, 0.25) is 0 Å². The number of aromatic nitrogens is 1. The number of piperazine rings is 1. The van der Waals surface area contributed by atoms with Crippen LogP contribution in [0.4, 0.5) is 5.13 Å². The Morgan fingerprint density at radius 1 is 1.00 bits per heavy atom. The van der Waals surface area contributed by atoms with Crippen LogP contribution >= 0.6 is 11.3 Å². The third kappa shape index (κ3) is 4.26. The first-order valence-electron chi connectivity index (χ1n) is 9.60. The summed E-state index contributed by atoms with van der Waals surface area (Å²) >= 11 is 1.45. The van der Waals surface area contributed by atoms with Crippen molar-refractivity contribution in [1.29, 1.82) is 0 Å². The molecule has 1 aliphatic rings. The molecule has 2 heterocycles. The number of fused-ring (bicyclic) bond motifs is 1. The molecule has 0 atom stereocenters. The lowest BCUT2D eigenvalue weighted by atomic mass is 10.1. The van der Waals surface area contributed by atoms with Crippen LogP contribution in [-0.4, -0.2) is 69.7 Å². The lowest BCUT2D eigenvalue weighted by Gasteiger charge is -2.34. The second-order valence-corrected chi connectivity index (χ2v) is 10.2. The summed E-state index contributed by atoms with van der Waals surface area (Å²) in [5.41, 5.74) is 1.40. The van der Waals surface area contributed by atoms with E-state index in [0.29, 0.717) is 42.8 Å². The highest BCUT2D eigenvalue weighted by atomic mass is 32.2. The topological polar surface area (TPSA) is 96.9 Å². The Balaban J connectivity index is 1.46. The normalized spacial score (nSPS) is 14.6. The molecule has 0 bridgehead atoms. The summed E-state index contributed by atoms with van der Waals surface area (Å²) in [4.78, 5) is 33.0. The van der Waals surface area contributed by atoms with Crippen LogP contribution in [0.15, 0.2) is 47.4 Å². The molecule has 162 valence electrons. The predicted octanol–water partition coefficient (Wildman–Crippen LogP) is 2.45. The van der Waals surface area contributed by atoms with Gasteiger partial charge in [0.1, 0.15) is 5.52 Å². The average Bonchev–Trinajstić information content (AvgIpc) is 3.22. The van der Waals surface area contributed by atoms with Crippen LogP contribution < -0.4 is 4.90 Å². The van der Waals surface area contributed by atoms with Gasteiger partial charge in [-0.05, 0) is 36.4 Å². The minimum absolute atomic E-state index is 0.0975. The molecular weight excluding hydrogens is 438 g/mol. The van der Waals surface area contributed by atoms with Gasteiger partial charge in [-0.3, -0.25) is 4.79 Å². The smallest absolute Gasteiger partial charge is 0.337 e. The second-order valence-electron chi connectivity index (χ2n) is 7.22. The number of hydrogen-bond acceptors (Lipinski definition) is 8. The Hall–Kier alpha value is -2.98. The lowest BCUT2D eigenvalue weighted by Crippen LogP contribution is -2.48. The summed E-state index contributed by atoms with van der Waals surface area (Å²) < 4.78 is 29.6. The largest absolute Gasteiger partial charge is 0.465 e. The van der Waals surface area contributed by atoms with E-state index in [1.54, 1.807) is 41.3 Å². The standard InChI is InChI=1S/C21H21N3O5S2/c1-29-20(26)15-8-6-14(7-9-15)19(25)23-10-12-24(13-11-23)21-22-18-16(30-21)4-3-5-17(18)31(2,27)28/h3-9H,10-13H2,1-2H3. The summed E-state index contributed by atoms with van der Waals surface area (Å²) in [6.07, 6.45) is 1.18. The molecule has 0 radical (unpaired) electrons. The Bertz CT molecular complexity index is 1240. The number of sulfone groups is 1. The number of carbonyl (C=O) groups is 2. The number of carbonyl (C=O) groups excluding carboxylic acids is 2. The molecule has 1 fully saturated rings. The first-order chi connectivity index (χ1) is 14.8. The van der Waals surface area contributed by atoms with Crippen molar-refractivity contribution in [2.45, 2.75) is 4.90 Å². The first kappa shape index (κ1) is 21.3. The van der Waals surface area contributed by atoms with Gasteiger partial charge < -0.3 is 14.5 Å². The molecule has 1 saturated heterocycles. The molecule has 1 aromatic heterocycles. The zero-order valence-electron chi connectivity index (χ0n) is 17.1. The van der Waals surface area contributed by atoms with Crippen molar-refractivity contribution in [2.24, 2.45) is 0 Å². The zero-order chi connectivity index (χ0) is 22.2. The third-order valence-corrected chi connectivity index (χ3v) is 7.37. The van der Waals surface area contributed by atoms with Crippen molar-refractivity contribution in [1.82, 2.24) is 9.88 Å². The molecule has 31 heavy (non-hydrogen) atoms. The number of thiazole rings is 1. The summed E-state index contributed by atoms with van der Waals surface area (Å²) in [6.45, 7) is 2.24. The van der Waals surface area contributed by atoms with Crippen LogP contribution in [0.2, 0.25) is 0 Å². The van der Waals surface area contributed by atoms with E-state index in [0.717, 1.165) is 9.83 Å². The number of nitrogens with zero attached hydrogens (tertiary/aromatic N) is 3. The van der Waals surface area contributed by atoms with Gasteiger partial charge in [-0.1, -0.05) is 17.4 Å². The van der Waals surface area contributed by atoms with Crippen LogP contribution in [-0.2, 0) is 14.6 Å². The fourth-order valence-corrected chi connectivity index (χ4v) is 5.44. The van der Waals surface area contributed by atoms with Crippen molar-refractivity contribution < 1.29 is 22.7 Å². The molecule has 0 aliphatic carbocycles. The van der Waals surface area contributed by atoms with Crippen molar-refractivity contribution >= 4 is 48.4 Å². The van der Waals surface area contributed by atoms with Gasteiger partial charge in [0, 0.05) is 38.0 Å². The Labute approximate surface area is 184 Å². The number of rotatable bonds is 4. The fraction of sp³-hybridized carbons (Fsp3) is 0.286. The van der Waals surface area contributed by atoms with Gasteiger partial charge in [-0.25, -0.2) is 18.2 Å². The number of methoxy groups -OCH3 is 1. The highest BCUT2D eigenvalue weighted by Gasteiger charge is 2.25. The molecule has 8 nitrogen and oxygen atoms in total. The van der Waals surface area contributed by atoms with E-state index in [1.165, 1.54) is 24.7 Å². The molecule has 0 unspecified atom stereocenters. The van der Waals surface area contributed by atoms with E-state index in [-0.39, 0.29) is 10.8 Å². The van der Waals surface area contributed by atoms with Crippen molar-refractivity contribution in [3.8, 4) is 0 Å². The van der Waals surface area contributed by atoms with Crippen LogP contribution in [0.3, 0.4) is 0 Å². The Morgan fingerprint density at radius 3 is 2.26 bits per heavy atom. The van der Waals surface area contributed by atoms with Gasteiger partial charge in [0.05, 0.1) is 22.3 Å². The average molecular weight is 460 g/mol. The molecular formula is C21H21N3O5S2. The molecule has 2 aromatic carbocycles. The predicted molar refractivity (Wildman–Crippen MR) is 119 cm³/mol. The molecule has 3 aromatic rings. The van der Waals surface area contributed by atoms with E-state index >= 15 is 0 Å². The highest BCUT2D eigenvalue weighted by Crippen LogP contribution is 2.33. The van der Waals surface area contributed by atoms with Crippen LogP contribution in [0.1, 0.15) is 20.7 Å². The van der Waals surface area contributed by atoms with Gasteiger partial charge in [0.25, 0.3) is 5.91 Å². The van der Waals surface area contributed by atoms with E-state index in [4.69, 9.17) is 0 Å². The number of anilines is 1. The SMILES string of the molecule is COC(=O)c1ccc(C(=O)N2CCN(c3nc4c(S(C)(=O)=O)cccc4s3)CC2)cc1. The Morgan fingerprint density at radius 2 is 1.65 bits per heavy atom. The van der Waals surface area contributed by atoms with Crippen LogP contribution in [0, 0.1) is 0 Å². The second kappa shape index (κ2) is 8.27. The van der Waals surface area contributed by atoms with Gasteiger partial charge in [-0.15, -0.1) is 0 Å². The minimum atomic E-state index is -3.36. The molecule has 0 saturated carbocycles. The van der Waals surface area contributed by atoms with Crippen LogP contribution in [0.5, 0.6) is 0 Å². The zero-order valence-corrected chi connectivity index (χ0v) is 18.7. The van der Waals surface area contributed by atoms with Gasteiger partial charge >= 0.3 is 5.97 Å². The Kier molecular flexibility index (Phi) is 5.67. The molecule has 0 N–H and O–H groups in total. The maximum Gasteiger partial charge on any atom is 0.337 e. The maximum absolute atomic E-state index is 12.8. The number of esters is 1. The summed E-state index contributed by atoms with van der Waals surface area (Å²) in [5, 5.41) is 0.751. The molecule has 0 spiro atoms. The highest BCUT2D eigenvalue weighted by molar-refractivity contribution is 7.91. The number of para-hydroxylation sites is 1. The van der Waals surface area contributed by atoms with Crippen LogP contribution in [0.25, 0.3) is 10.2 Å². The summed E-state index contributed by atoms with van der Waals surface area (Å²) in [5.74, 6) is -0.540. The lowest BCUT2D eigenvalue weighted by molar-refractivity contribution is 0.0599. The third-order valence-electron chi connectivity index (χ3n) is 5.16. The monoisotopic (exact) mass is 459 g/mol. The van der Waals surface area contributed by atoms with Gasteiger partial charge in [0.15, 0.2) is 15.0 Å². The van der Waals surface area contributed by atoms with Crippen molar-refractivity contribution in [3.63, 3.8) is 0 Å². The summed E-state index contributed by atoms with van der Waals surface area (Å²) in [6, 6.07) is 11.6. The maximum atomic E-state index is 12.8. The van der Waals surface area contributed by atoms with Crippen molar-refractivity contribution in [3.05, 3.63) is 53.6 Å². The summed E-state index contributed by atoms with van der Waals surface area (Å²) in [7, 11) is -2.05.